The number of nitrogens with one attached hydrogen (secondary N) is 1. The number of fused-ring (bicyclic) bond motifs is 1. The van der Waals surface area contributed by atoms with E-state index in [2.05, 4.69) is 5.32 Å². The molecule has 0 spiro atoms. The highest BCUT2D eigenvalue weighted by Gasteiger charge is 2.37. The molecule has 2 aromatic rings. The summed E-state index contributed by atoms with van der Waals surface area (Å²) in [5.41, 5.74) is -0.612. The molecule has 0 radical (unpaired) electrons. The quantitative estimate of drug-likeness (QED) is 0.869. The van der Waals surface area contributed by atoms with Gasteiger partial charge in [-0.3, -0.25) is 9.59 Å². The van der Waals surface area contributed by atoms with Gasteiger partial charge < -0.3 is 19.9 Å². The van der Waals surface area contributed by atoms with Crippen molar-refractivity contribution in [3.05, 3.63) is 60.2 Å². The smallest absolute Gasteiger partial charge is 0.315 e. The molecule has 0 saturated heterocycles. The number of aliphatic carboxylic acids is 1. The molecule has 6 nitrogen and oxygen atoms in total. The largest absolute Gasteiger partial charge is 0.485 e. The van der Waals surface area contributed by atoms with Gasteiger partial charge in [0.2, 0.25) is 6.10 Å². The van der Waals surface area contributed by atoms with Gasteiger partial charge in [-0.2, -0.15) is 0 Å². The van der Waals surface area contributed by atoms with Crippen LogP contribution in [0.3, 0.4) is 0 Å². The van der Waals surface area contributed by atoms with Crippen molar-refractivity contribution in [1.82, 2.24) is 5.32 Å². The Morgan fingerprint density at radius 2 is 1.76 bits per heavy atom. The highest BCUT2D eigenvalue weighted by atomic mass is 16.6. The number of benzene rings is 2. The number of rotatable bonds is 5. The molecule has 6 heteroatoms. The summed E-state index contributed by atoms with van der Waals surface area (Å²) in [6, 6.07) is 15.9. The third kappa shape index (κ3) is 3.42. The van der Waals surface area contributed by atoms with Crippen LogP contribution in [0.5, 0.6) is 11.5 Å². The van der Waals surface area contributed by atoms with E-state index in [0.29, 0.717) is 17.1 Å². The number of ether oxygens (including phenoxy) is 2. The second-order valence-electron chi connectivity index (χ2n) is 6.09. The maximum atomic E-state index is 12.4. The highest BCUT2D eigenvalue weighted by molar-refractivity contribution is 5.85. The topological polar surface area (TPSA) is 84.9 Å². The molecule has 0 bridgehead atoms. The zero-order chi connectivity index (χ0) is 17.9. The second-order valence-corrected chi connectivity index (χ2v) is 6.09. The maximum Gasteiger partial charge on any atom is 0.315 e. The first-order chi connectivity index (χ1) is 12.0. The van der Waals surface area contributed by atoms with Crippen LogP contribution in [0.1, 0.15) is 12.5 Å². The third-order valence-corrected chi connectivity index (χ3v) is 4.30. The van der Waals surface area contributed by atoms with E-state index in [-0.39, 0.29) is 13.2 Å². The van der Waals surface area contributed by atoms with Gasteiger partial charge in [0.15, 0.2) is 11.5 Å². The molecule has 3 rings (SSSR count). The molecular weight excluding hydrogens is 322 g/mol. The Bertz CT molecular complexity index is 776. The van der Waals surface area contributed by atoms with Crippen LogP contribution in [0.15, 0.2) is 54.6 Å². The molecule has 25 heavy (non-hydrogen) atoms. The van der Waals surface area contributed by atoms with Crippen LogP contribution in [0, 0.1) is 0 Å². The lowest BCUT2D eigenvalue weighted by Gasteiger charge is -2.29. The van der Waals surface area contributed by atoms with Gasteiger partial charge in [-0.1, -0.05) is 42.5 Å². The average molecular weight is 341 g/mol. The monoisotopic (exact) mass is 341 g/mol. The van der Waals surface area contributed by atoms with Crippen molar-refractivity contribution in [1.29, 1.82) is 0 Å². The minimum absolute atomic E-state index is 0.0489. The fourth-order valence-electron chi connectivity index (χ4n) is 2.63. The van der Waals surface area contributed by atoms with Crippen molar-refractivity contribution < 1.29 is 24.2 Å². The van der Waals surface area contributed by atoms with Gasteiger partial charge in [-0.25, -0.2) is 0 Å². The molecular formula is C19H19NO5. The molecule has 0 saturated carbocycles. The lowest BCUT2D eigenvalue weighted by molar-refractivity contribution is -0.143. The van der Waals surface area contributed by atoms with Crippen LogP contribution in [-0.4, -0.2) is 36.2 Å². The highest BCUT2D eigenvalue weighted by Crippen LogP contribution is 2.31. The third-order valence-electron chi connectivity index (χ3n) is 4.30. The number of para-hydroxylation sites is 2. The number of carbonyl (C=O) groups excluding carboxylic acids is 1. The predicted molar refractivity (Wildman–Crippen MR) is 90.8 cm³/mol. The summed E-state index contributed by atoms with van der Waals surface area (Å²) >= 11 is 0. The Morgan fingerprint density at radius 3 is 2.44 bits per heavy atom. The Morgan fingerprint density at radius 1 is 1.12 bits per heavy atom. The number of carbonyl (C=O) groups is 2. The number of carboxylic acids is 1. The van der Waals surface area contributed by atoms with Crippen molar-refractivity contribution in [2.24, 2.45) is 0 Å². The molecule has 1 amide bonds. The fourth-order valence-corrected chi connectivity index (χ4v) is 2.63. The van der Waals surface area contributed by atoms with Crippen LogP contribution < -0.4 is 14.8 Å². The number of hydrogen-bond donors (Lipinski definition) is 2. The lowest BCUT2D eigenvalue weighted by Crippen LogP contribution is -2.50. The van der Waals surface area contributed by atoms with Gasteiger partial charge >= 0.3 is 5.97 Å². The first kappa shape index (κ1) is 16.8. The summed E-state index contributed by atoms with van der Waals surface area (Å²) in [7, 11) is 0. The predicted octanol–water partition coefficient (Wildman–Crippen LogP) is 1.99. The molecule has 2 unspecified atom stereocenters. The van der Waals surface area contributed by atoms with Crippen LogP contribution >= 0.6 is 0 Å². The molecule has 0 aliphatic carbocycles. The molecule has 1 aliphatic heterocycles. The molecule has 1 aliphatic rings. The maximum absolute atomic E-state index is 12.4. The van der Waals surface area contributed by atoms with Crippen LogP contribution in [0.4, 0.5) is 0 Å². The van der Waals surface area contributed by atoms with Gasteiger partial charge in [0, 0.05) is 6.54 Å². The van der Waals surface area contributed by atoms with E-state index < -0.39 is 23.4 Å². The Kier molecular flexibility index (Phi) is 4.61. The minimum Gasteiger partial charge on any atom is -0.485 e. The summed E-state index contributed by atoms with van der Waals surface area (Å²) in [4.78, 5) is 24.2. The first-order valence-corrected chi connectivity index (χ1v) is 7.96. The zero-order valence-electron chi connectivity index (χ0n) is 13.8. The SMILES string of the molecule is CC(CNC(=O)C1COc2ccccc2O1)(C(=O)O)c1ccccc1. The molecule has 2 N–H and O–H groups in total. The van der Waals surface area contributed by atoms with Crippen LogP contribution in [0.2, 0.25) is 0 Å². The first-order valence-electron chi connectivity index (χ1n) is 7.96. The van der Waals surface area contributed by atoms with Crippen LogP contribution in [-0.2, 0) is 15.0 Å². The van der Waals surface area contributed by atoms with E-state index in [4.69, 9.17) is 9.47 Å². The molecule has 0 fully saturated rings. The summed E-state index contributed by atoms with van der Waals surface area (Å²) < 4.78 is 11.2. The zero-order valence-corrected chi connectivity index (χ0v) is 13.8. The number of amides is 1. The molecule has 1 heterocycles. The van der Waals surface area contributed by atoms with Crippen molar-refractivity contribution in [2.75, 3.05) is 13.2 Å². The molecule has 0 aromatic heterocycles. The van der Waals surface area contributed by atoms with Gasteiger partial charge in [0.05, 0.1) is 0 Å². The van der Waals surface area contributed by atoms with Gasteiger partial charge in [-0.05, 0) is 24.6 Å². The van der Waals surface area contributed by atoms with Crippen molar-refractivity contribution in [2.45, 2.75) is 18.4 Å². The fraction of sp³-hybridized carbons (Fsp3) is 0.263. The Hall–Kier alpha value is -3.02. The van der Waals surface area contributed by atoms with E-state index in [9.17, 15) is 14.7 Å². The Labute approximate surface area is 145 Å². The van der Waals surface area contributed by atoms with Gasteiger partial charge in [-0.15, -0.1) is 0 Å². The minimum atomic E-state index is -1.23. The summed E-state index contributed by atoms with van der Waals surface area (Å²) in [5.74, 6) is -0.327. The number of carboxylic acid groups (broad SMARTS) is 1. The Balaban J connectivity index is 1.68. The summed E-state index contributed by atoms with van der Waals surface area (Å²) in [6.45, 7) is 1.61. The number of hydrogen-bond acceptors (Lipinski definition) is 4. The molecule has 130 valence electrons. The van der Waals surface area contributed by atoms with Crippen LogP contribution in [0.25, 0.3) is 0 Å². The molecule has 2 aromatic carbocycles. The van der Waals surface area contributed by atoms with E-state index >= 15 is 0 Å². The normalized spacial score (nSPS) is 18.0. The van der Waals surface area contributed by atoms with E-state index in [0.717, 1.165) is 0 Å². The summed E-state index contributed by atoms with van der Waals surface area (Å²) in [5, 5.41) is 12.3. The van der Waals surface area contributed by atoms with Gasteiger partial charge in [0.1, 0.15) is 12.0 Å². The van der Waals surface area contributed by atoms with Crippen molar-refractivity contribution >= 4 is 11.9 Å². The van der Waals surface area contributed by atoms with Gasteiger partial charge in [0.25, 0.3) is 5.91 Å². The molecule has 2 atom stereocenters. The summed E-state index contributed by atoms with van der Waals surface area (Å²) in [6.07, 6.45) is -0.816. The van der Waals surface area contributed by atoms with E-state index in [1.165, 1.54) is 0 Å². The average Bonchev–Trinajstić information content (AvgIpc) is 2.66. The van der Waals surface area contributed by atoms with E-state index in [1.54, 1.807) is 49.4 Å². The standard InChI is InChI=1S/C19H19NO5/c1-19(18(22)23,13-7-3-2-4-8-13)12-20-17(21)16-11-24-14-9-5-6-10-15(14)25-16/h2-10,16H,11-12H2,1H3,(H,20,21)(H,22,23). The van der Waals surface area contributed by atoms with Crippen molar-refractivity contribution in [3.63, 3.8) is 0 Å². The van der Waals surface area contributed by atoms with Crippen molar-refractivity contribution in [3.8, 4) is 11.5 Å². The second kappa shape index (κ2) is 6.84. The van der Waals surface area contributed by atoms with E-state index in [1.807, 2.05) is 12.1 Å². The lowest BCUT2D eigenvalue weighted by atomic mass is 9.82.